The van der Waals surface area contributed by atoms with Gasteiger partial charge in [-0.2, -0.15) is 0 Å². The Kier molecular flexibility index (Phi) is 3.97. The Bertz CT molecular complexity index is 596. The zero-order chi connectivity index (χ0) is 13.8. The maximum Gasteiger partial charge on any atom is 0.120 e. The zero-order valence-corrected chi connectivity index (χ0v) is 11.6. The second-order valence-corrected chi connectivity index (χ2v) is 4.53. The fraction of sp³-hybridized carbons (Fsp3) is 0.143. The number of nitrogens with two attached hydrogens (primary N) is 1. The van der Waals surface area contributed by atoms with Crippen LogP contribution in [0.5, 0.6) is 5.75 Å². The fourth-order valence-electron chi connectivity index (χ4n) is 1.67. The molecule has 0 saturated carbocycles. The van der Waals surface area contributed by atoms with Gasteiger partial charge >= 0.3 is 0 Å². The number of rotatable bonds is 4. The molecule has 0 aliphatic carbocycles. The van der Waals surface area contributed by atoms with Crippen molar-refractivity contribution in [3.63, 3.8) is 0 Å². The summed E-state index contributed by atoms with van der Waals surface area (Å²) < 4.78 is 5.21. The van der Waals surface area contributed by atoms with Gasteiger partial charge in [0.1, 0.15) is 10.7 Å². The van der Waals surface area contributed by atoms with Crippen LogP contribution in [0.4, 0.5) is 11.4 Å². The number of aromatic nitrogens is 1. The first-order valence-electron chi connectivity index (χ1n) is 5.77. The summed E-state index contributed by atoms with van der Waals surface area (Å²) in [5.74, 6) is 0.738. The van der Waals surface area contributed by atoms with Gasteiger partial charge in [-0.25, -0.2) is 0 Å². The lowest BCUT2D eigenvalue weighted by molar-refractivity contribution is 0.415. The predicted octanol–water partition coefficient (Wildman–Crippen LogP) is 2.78. The number of methoxy groups -OCH3 is 1. The van der Waals surface area contributed by atoms with Gasteiger partial charge in [-0.3, -0.25) is 4.98 Å². The SMILES string of the molecule is COc1ccc(C(N)=S)c(Nc2ccc(C)nc2)c1. The van der Waals surface area contributed by atoms with Crippen LogP contribution in [0.2, 0.25) is 0 Å². The molecule has 0 bridgehead atoms. The molecule has 4 nitrogen and oxygen atoms in total. The lowest BCUT2D eigenvalue weighted by Gasteiger charge is -2.12. The highest BCUT2D eigenvalue weighted by atomic mass is 32.1. The van der Waals surface area contributed by atoms with Crippen molar-refractivity contribution < 1.29 is 4.74 Å². The third-order valence-corrected chi connectivity index (χ3v) is 2.90. The molecule has 0 atom stereocenters. The Hall–Kier alpha value is -2.14. The molecule has 0 unspecified atom stereocenters. The number of hydrogen-bond donors (Lipinski definition) is 2. The van der Waals surface area contributed by atoms with E-state index in [1.165, 1.54) is 0 Å². The Morgan fingerprint density at radius 2 is 2.11 bits per heavy atom. The van der Waals surface area contributed by atoms with E-state index in [-0.39, 0.29) is 0 Å². The van der Waals surface area contributed by atoms with Gasteiger partial charge in [-0.05, 0) is 31.2 Å². The smallest absolute Gasteiger partial charge is 0.120 e. The minimum absolute atomic E-state index is 0.338. The van der Waals surface area contributed by atoms with Crippen LogP contribution in [0.1, 0.15) is 11.3 Å². The fourth-order valence-corrected chi connectivity index (χ4v) is 1.84. The Balaban J connectivity index is 2.36. The molecule has 5 heteroatoms. The molecule has 0 spiro atoms. The largest absolute Gasteiger partial charge is 0.497 e. The van der Waals surface area contributed by atoms with Crippen LogP contribution in [0, 0.1) is 6.92 Å². The lowest BCUT2D eigenvalue weighted by Crippen LogP contribution is -2.12. The molecular formula is C14H15N3OS. The molecule has 0 aliphatic heterocycles. The molecule has 2 aromatic rings. The molecule has 1 aromatic heterocycles. The Labute approximate surface area is 117 Å². The molecule has 1 heterocycles. The molecule has 19 heavy (non-hydrogen) atoms. The van der Waals surface area contributed by atoms with Gasteiger partial charge in [-0.15, -0.1) is 0 Å². The number of aryl methyl sites for hydroxylation is 1. The van der Waals surface area contributed by atoms with Gasteiger partial charge in [0.15, 0.2) is 0 Å². The molecule has 0 aliphatic rings. The first kappa shape index (κ1) is 13.3. The van der Waals surface area contributed by atoms with Gasteiger partial charge in [0.25, 0.3) is 0 Å². The highest BCUT2D eigenvalue weighted by molar-refractivity contribution is 7.80. The molecular weight excluding hydrogens is 258 g/mol. The van der Waals surface area contributed by atoms with Crippen molar-refractivity contribution in [2.45, 2.75) is 6.92 Å². The van der Waals surface area contributed by atoms with Gasteiger partial charge in [0.2, 0.25) is 0 Å². The minimum Gasteiger partial charge on any atom is -0.497 e. The lowest BCUT2D eigenvalue weighted by atomic mass is 10.1. The van der Waals surface area contributed by atoms with E-state index >= 15 is 0 Å². The van der Waals surface area contributed by atoms with Crippen LogP contribution < -0.4 is 15.8 Å². The van der Waals surface area contributed by atoms with E-state index in [4.69, 9.17) is 22.7 Å². The molecule has 3 N–H and O–H groups in total. The molecule has 0 fully saturated rings. The third-order valence-electron chi connectivity index (χ3n) is 2.68. The molecule has 1 aromatic carbocycles. The summed E-state index contributed by atoms with van der Waals surface area (Å²) in [5, 5.41) is 3.25. The van der Waals surface area contributed by atoms with Crippen molar-refractivity contribution in [2.24, 2.45) is 5.73 Å². The zero-order valence-electron chi connectivity index (χ0n) is 10.8. The van der Waals surface area contributed by atoms with Crippen LogP contribution in [-0.4, -0.2) is 17.1 Å². The Morgan fingerprint density at radius 1 is 1.32 bits per heavy atom. The van der Waals surface area contributed by atoms with Crippen LogP contribution in [-0.2, 0) is 0 Å². The van der Waals surface area contributed by atoms with E-state index in [2.05, 4.69) is 10.3 Å². The minimum atomic E-state index is 0.338. The maximum absolute atomic E-state index is 5.72. The van der Waals surface area contributed by atoms with Gasteiger partial charge < -0.3 is 15.8 Å². The normalized spacial score (nSPS) is 10.0. The van der Waals surface area contributed by atoms with Crippen LogP contribution in [0.15, 0.2) is 36.5 Å². The van der Waals surface area contributed by atoms with E-state index in [1.807, 2.05) is 37.3 Å². The Morgan fingerprint density at radius 3 is 2.68 bits per heavy atom. The van der Waals surface area contributed by atoms with Crippen molar-refractivity contribution in [3.05, 3.63) is 47.8 Å². The number of ether oxygens (including phenoxy) is 1. The number of pyridine rings is 1. The molecule has 2 rings (SSSR count). The first-order chi connectivity index (χ1) is 9.10. The summed E-state index contributed by atoms with van der Waals surface area (Å²) in [6, 6.07) is 9.40. The summed E-state index contributed by atoms with van der Waals surface area (Å²) in [5.41, 5.74) is 9.13. The maximum atomic E-state index is 5.72. The summed E-state index contributed by atoms with van der Waals surface area (Å²) in [4.78, 5) is 4.57. The van der Waals surface area contributed by atoms with E-state index in [0.717, 1.165) is 28.4 Å². The average molecular weight is 273 g/mol. The van der Waals surface area contributed by atoms with E-state index in [9.17, 15) is 0 Å². The van der Waals surface area contributed by atoms with Gasteiger partial charge in [0.05, 0.1) is 24.7 Å². The monoisotopic (exact) mass is 273 g/mol. The van der Waals surface area contributed by atoms with E-state index < -0.39 is 0 Å². The molecule has 0 saturated heterocycles. The second kappa shape index (κ2) is 5.67. The number of hydrogen-bond acceptors (Lipinski definition) is 4. The number of nitrogens with one attached hydrogen (secondary N) is 1. The van der Waals surface area contributed by atoms with E-state index in [0.29, 0.717) is 4.99 Å². The summed E-state index contributed by atoms with van der Waals surface area (Å²) >= 11 is 5.05. The third kappa shape index (κ3) is 3.20. The van der Waals surface area contributed by atoms with Gasteiger partial charge in [0, 0.05) is 17.3 Å². The molecule has 0 radical (unpaired) electrons. The average Bonchev–Trinajstić information content (AvgIpc) is 2.41. The highest BCUT2D eigenvalue weighted by Crippen LogP contribution is 2.25. The number of benzene rings is 1. The molecule has 0 amide bonds. The predicted molar refractivity (Wildman–Crippen MR) is 81.1 cm³/mol. The highest BCUT2D eigenvalue weighted by Gasteiger charge is 2.07. The quantitative estimate of drug-likeness (QED) is 0.839. The van der Waals surface area contributed by atoms with Gasteiger partial charge in [-0.1, -0.05) is 12.2 Å². The number of nitrogens with zero attached hydrogens (tertiary/aromatic N) is 1. The first-order valence-corrected chi connectivity index (χ1v) is 6.18. The van der Waals surface area contributed by atoms with Crippen molar-refractivity contribution in [2.75, 3.05) is 12.4 Å². The summed E-state index contributed by atoms with van der Waals surface area (Å²) in [6.07, 6.45) is 1.76. The van der Waals surface area contributed by atoms with Crippen LogP contribution in [0.3, 0.4) is 0 Å². The summed E-state index contributed by atoms with van der Waals surface area (Å²) in [7, 11) is 1.62. The van der Waals surface area contributed by atoms with Crippen LogP contribution in [0.25, 0.3) is 0 Å². The number of thiocarbonyl (C=S) groups is 1. The van der Waals surface area contributed by atoms with Crippen molar-refractivity contribution >= 4 is 28.6 Å². The summed E-state index contributed by atoms with van der Waals surface area (Å²) in [6.45, 7) is 1.94. The standard InChI is InChI=1S/C14H15N3OS/c1-9-3-4-10(8-16-9)17-13-7-11(18-2)5-6-12(13)14(15)19/h3-8,17H,1-2H3,(H2,15,19). The second-order valence-electron chi connectivity index (χ2n) is 4.09. The van der Waals surface area contributed by atoms with Crippen molar-refractivity contribution in [1.29, 1.82) is 0 Å². The van der Waals surface area contributed by atoms with Crippen molar-refractivity contribution in [3.8, 4) is 5.75 Å². The van der Waals surface area contributed by atoms with Crippen LogP contribution >= 0.6 is 12.2 Å². The topological polar surface area (TPSA) is 60.2 Å². The van der Waals surface area contributed by atoms with Crippen molar-refractivity contribution in [1.82, 2.24) is 4.98 Å². The van der Waals surface area contributed by atoms with E-state index in [1.54, 1.807) is 13.3 Å². The molecule has 98 valence electrons. The number of anilines is 2.